The topological polar surface area (TPSA) is 142 Å². The van der Waals surface area contributed by atoms with Crippen molar-refractivity contribution in [2.75, 3.05) is 0 Å². The number of aryl methyl sites for hydroxylation is 1. The van der Waals surface area contributed by atoms with Gasteiger partial charge in [-0.05, 0) is 24.6 Å². The number of carboxylic acids is 2. The van der Waals surface area contributed by atoms with E-state index in [9.17, 15) is 19.2 Å². The number of carboxylic acid groups (broad SMARTS) is 2. The number of aromatic amines is 1. The van der Waals surface area contributed by atoms with Crippen molar-refractivity contribution in [3.8, 4) is 5.69 Å². The van der Waals surface area contributed by atoms with Crippen LogP contribution in [0.3, 0.4) is 0 Å². The minimum Gasteiger partial charge on any atom is -0.478 e. The summed E-state index contributed by atoms with van der Waals surface area (Å²) in [5.74, 6) is -2.80. The lowest BCUT2D eigenvalue weighted by Crippen LogP contribution is -2.35. The van der Waals surface area contributed by atoms with Gasteiger partial charge in [0, 0.05) is 0 Å². The van der Waals surface area contributed by atoms with Crippen molar-refractivity contribution in [1.29, 1.82) is 0 Å². The Morgan fingerprint density at radius 1 is 1.19 bits per heavy atom. The molecule has 0 atom stereocenters. The second-order valence-electron chi connectivity index (χ2n) is 4.13. The Hall–Kier alpha value is -3.23. The van der Waals surface area contributed by atoms with Gasteiger partial charge >= 0.3 is 17.6 Å². The molecule has 0 spiro atoms. The van der Waals surface area contributed by atoms with Crippen molar-refractivity contribution >= 4 is 11.9 Å². The van der Waals surface area contributed by atoms with Gasteiger partial charge in [-0.3, -0.25) is 9.78 Å². The lowest BCUT2D eigenvalue weighted by molar-refractivity contribution is 0.0678. The normalized spacial score (nSPS) is 10.3. The number of hydrogen-bond acceptors (Lipinski definition) is 5. The molecule has 21 heavy (non-hydrogen) atoms. The second-order valence-corrected chi connectivity index (χ2v) is 4.13. The largest absolute Gasteiger partial charge is 0.478 e. The maximum absolute atomic E-state index is 11.7. The van der Waals surface area contributed by atoms with Gasteiger partial charge in [-0.1, -0.05) is 6.07 Å². The van der Waals surface area contributed by atoms with Crippen molar-refractivity contribution in [3.05, 3.63) is 55.9 Å². The van der Waals surface area contributed by atoms with Gasteiger partial charge in [-0.25, -0.2) is 14.4 Å². The minimum absolute atomic E-state index is 0.0294. The van der Waals surface area contributed by atoms with Crippen LogP contribution in [0.15, 0.2) is 27.8 Å². The Kier molecular flexibility index (Phi) is 3.40. The number of nitrogens with zero attached hydrogens (tertiary/aromatic N) is 2. The van der Waals surface area contributed by atoms with Crippen LogP contribution in [-0.4, -0.2) is 36.9 Å². The first-order chi connectivity index (χ1) is 9.81. The van der Waals surface area contributed by atoms with E-state index in [0.717, 1.165) is 6.07 Å². The van der Waals surface area contributed by atoms with Crippen LogP contribution in [-0.2, 0) is 0 Å². The third-order valence-corrected chi connectivity index (χ3v) is 2.73. The first kappa shape index (κ1) is 14.2. The molecule has 9 heteroatoms. The van der Waals surface area contributed by atoms with Crippen LogP contribution in [0.4, 0.5) is 0 Å². The number of carbonyl (C=O) groups is 2. The summed E-state index contributed by atoms with van der Waals surface area (Å²) in [5, 5.41) is 21.3. The summed E-state index contributed by atoms with van der Waals surface area (Å²) in [6.45, 7) is 1.57. The Balaban J connectivity index is 2.73. The van der Waals surface area contributed by atoms with E-state index in [2.05, 4.69) is 5.10 Å². The smallest absolute Gasteiger partial charge is 0.362 e. The number of hydrogen-bond donors (Lipinski definition) is 3. The monoisotopic (exact) mass is 291 g/mol. The fourth-order valence-corrected chi connectivity index (χ4v) is 1.69. The predicted octanol–water partition coefficient (Wildman–Crippen LogP) is -0.374. The predicted molar refractivity (Wildman–Crippen MR) is 69.1 cm³/mol. The Morgan fingerprint density at radius 2 is 1.86 bits per heavy atom. The number of nitrogens with one attached hydrogen (secondary N) is 1. The molecular formula is C12H9N3O6. The summed E-state index contributed by atoms with van der Waals surface area (Å²) in [6, 6.07) is 3.99. The standard InChI is InChI=1S/C12H9N3O6/c1-5-2-3-6(4-7(5)10(17)18)15-12(21)13-9(16)8(14-15)11(19)20/h2-4H,1H3,(H,17,18)(H,19,20)(H,13,16,21). The number of benzene rings is 1. The fourth-order valence-electron chi connectivity index (χ4n) is 1.69. The van der Waals surface area contributed by atoms with Gasteiger partial charge < -0.3 is 10.2 Å². The van der Waals surface area contributed by atoms with Gasteiger partial charge in [0.1, 0.15) is 0 Å². The van der Waals surface area contributed by atoms with Gasteiger partial charge in [-0.15, -0.1) is 0 Å². The first-order valence-corrected chi connectivity index (χ1v) is 5.62. The van der Waals surface area contributed by atoms with Crippen LogP contribution >= 0.6 is 0 Å². The molecule has 9 nitrogen and oxygen atoms in total. The van der Waals surface area contributed by atoms with E-state index in [-0.39, 0.29) is 11.3 Å². The van der Waals surface area contributed by atoms with Gasteiger partial charge in [0.25, 0.3) is 5.56 Å². The Bertz CT molecular complexity index is 864. The molecule has 0 radical (unpaired) electrons. The summed E-state index contributed by atoms with van der Waals surface area (Å²) < 4.78 is 0.622. The van der Waals surface area contributed by atoms with E-state index in [1.54, 1.807) is 6.92 Å². The van der Waals surface area contributed by atoms with Crippen molar-refractivity contribution < 1.29 is 19.8 Å². The van der Waals surface area contributed by atoms with Crippen molar-refractivity contribution in [2.24, 2.45) is 0 Å². The zero-order chi connectivity index (χ0) is 15.7. The molecule has 1 heterocycles. The molecule has 0 unspecified atom stereocenters. The zero-order valence-corrected chi connectivity index (χ0v) is 10.7. The van der Waals surface area contributed by atoms with E-state index in [4.69, 9.17) is 10.2 Å². The number of rotatable bonds is 3. The average Bonchev–Trinajstić information content (AvgIpc) is 2.39. The molecular weight excluding hydrogens is 282 g/mol. The second kappa shape index (κ2) is 5.04. The molecule has 1 aromatic heterocycles. The Labute approximate surface area is 116 Å². The van der Waals surface area contributed by atoms with Crippen LogP contribution < -0.4 is 11.2 Å². The third kappa shape index (κ3) is 2.56. The van der Waals surface area contributed by atoms with Gasteiger partial charge in [-0.2, -0.15) is 9.78 Å². The van der Waals surface area contributed by atoms with E-state index >= 15 is 0 Å². The molecule has 108 valence electrons. The molecule has 1 aromatic carbocycles. The quantitative estimate of drug-likeness (QED) is 0.699. The average molecular weight is 291 g/mol. The van der Waals surface area contributed by atoms with Crippen LogP contribution in [0.5, 0.6) is 0 Å². The molecule has 2 rings (SSSR count). The molecule has 0 amide bonds. The summed E-state index contributed by atoms with van der Waals surface area (Å²) in [5.41, 5.74) is -2.54. The molecule has 0 saturated heterocycles. The molecule has 0 aliphatic heterocycles. The molecule has 2 aromatic rings. The molecule has 0 saturated carbocycles. The van der Waals surface area contributed by atoms with E-state index < -0.39 is 28.9 Å². The molecule has 0 aliphatic carbocycles. The number of H-pyrrole nitrogens is 1. The lowest BCUT2D eigenvalue weighted by Gasteiger charge is -2.07. The summed E-state index contributed by atoms with van der Waals surface area (Å²) in [4.78, 5) is 46.7. The first-order valence-electron chi connectivity index (χ1n) is 5.62. The third-order valence-electron chi connectivity index (χ3n) is 2.73. The van der Waals surface area contributed by atoms with Gasteiger partial charge in [0.2, 0.25) is 5.69 Å². The minimum atomic E-state index is -1.60. The Morgan fingerprint density at radius 3 is 2.43 bits per heavy atom. The molecule has 0 fully saturated rings. The zero-order valence-electron chi connectivity index (χ0n) is 10.7. The molecule has 0 bridgehead atoms. The highest BCUT2D eigenvalue weighted by atomic mass is 16.4. The van der Waals surface area contributed by atoms with Crippen molar-refractivity contribution in [1.82, 2.24) is 14.8 Å². The van der Waals surface area contributed by atoms with Crippen molar-refractivity contribution in [3.63, 3.8) is 0 Å². The van der Waals surface area contributed by atoms with Crippen molar-refractivity contribution in [2.45, 2.75) is 6.92 Å². The van der Waals surface area contributed by atoms with Crippen LogP contribution in [0.2, 0.25) is 0 Å². The van der Waals surface area contributed by atoms with Crippen LogP contribution in [0.25, 0.3) is 5.69 Å². The van der Waals surface area contributed by atoms with Gasteiger partial charge in [0.15, 0.2) is 0 Å². The lowest BCUT2D eigenvalue weighted by atomic mass is 10.1. The summed E-state index contributed by atoms with van der Waals surface area (Å²) in [7, 11) is 0. The van der Waals surface area contributed by atoms with Gasteiger partial charge in [0.05, 0.1) is 11.3 Å². The fraction of sp³-hybridized carbons (Fsp3) is 0.0833. The van der Waals surface area contributed by atoms with E-state index in [1.165, 1.54) is 12.1 Å². The maximum Gasteiger partial charge on any atom is 0.362 e. The number of aromatic nitrogens is 3. The van der Waals surface area contributed by atoms with Crippen LogP contribution in [0.1, 0.15) is 26.4 Å². The van der Waals surface area contributed by atoms with Crippen LogP contribution in [0, 0.1) is 6.92 Å². The van der Waals surface area contributed by atoms with E-state index in [0.29, 0.717) is 10.2 Å². The van der Waals surface area contributed by atoms with E-state index in [1.807, 2.05) is 4.98 Å². The summed E-state index contributed by atoms with van der Waals surface area (Å²) >= 11 is 0. The highest BCUT2D eigenvalue weighted by Gasteiger charge is 2.16. The summed E-state index contributed by atoms with van der Waals surface area (Å²) in [6.07, 6.45) is 0. The SMILES string of the molecule is Cc1ccc(-n2nc(C(=O)O)c(=O)[nH]c2=O)cc1C(=O)O. The highest BCUT2D eigenvalue weighted by Crippen LogP contribution is 2.13. The number of aromatic carboxylic acids is 2. The molecule has 0 aliphatic rings. The highest BCUT2D eigenvalue weighted by molar-refractivity contribution is 5.90. The maximum atomic E-state index is 11.7. The molecule has 3 N–H and O–H groups in total.